The SMILES string of the molecule is CCC(=O)N(CCN)C1CCCC1. The lowest BCUT2D eigenvalue weighted by Crippen LogP contribution is -2.41. The lowest BCUT2D eigenvalue weighted by Gasteiger charge is -2.28. The van der Waals surface area contributed by atoms with Crippen molar-refractivity contribution in [1.82, 2.24) is 4.90 Å². The summed E-state index contributed by atoms with van der Waals surface area (Å²) in [4.78, 5) is 13.5. The van der Waals surface area contributed by atoms with Crippen LogP contribution in [0.15, 0.2) is 0 Å². The first kappa shape index (κ1) is 10.5. The van der Waals surface area contributed by atoms with Crippen LogP contribution in [-0.2, 0) is 4.79 Å². The Bertz CT molecular complexity index is 164. The third-order valence-corrected chi connectivity index (χ3v) is 2.76. The minimum Gasteiger partial charge on any atom is -0.338 e. The van der Waals surface area contributed by atoms with E-state index in [-0.39, 0.29) is 5.91 Å². The van der Waals surface area contributed by atoms with Gasteiger partial charge in [0.05, 0.1) is 0 Å². The molecule has 3 nitrogen and oxygen atoms in total. The van der Waals surface area contributed by atoms with Crippen LogP contribution in [0.1, 0.15) is 39.0 Å². The molecule has 0 bridgehead atoms. The van der Waals surface area contributed by atoms with Crippen molar-refractivity contribution in [3.63, 3.8) is 0 Å². The molecule has 1 aliphatic carbocycles. The second-order valence-electron chi connectivity index (χ2n) is 3.67. The van der Waals surface area contributed by atoms with Gasteiger partial charge in [0, 0.05) is 25.6 Å². The quantitative estimate of drug-likeness (QED) is 0.712. The Labute approximate surface area is 80.3 Å². The predicted octanol–water partition coefficient (Wildman–Crippen LogP) is 1.13. The van der Waals surface area contributed by atoms with E-state index in [2.05, 4.69) is 0 Å². The van der Waals surface area contributed by atoms with E-state index in [1.165, 1.54) is 25.7 Å². The second kappa shape index (κ2) is 5.22. The van der Waals surface area contributed by atoms with Crippen molar-refractivity contribution < 1.29 is 4.79 Å². The van der Waals surface area contributed by atoms with Gasteiger partial charge in [-0.05, 0) is 12.8 Å². The molecule has 0 aromatic carbocycles. The molecule has 76 valence electrons. The second-order valence-corrected chi connectivity index (χ2v) is 3.67. The van der Waals surface area contributed by atoms with Crippen LogP contribution in [0.2, 0.25) is 0 Å². The Morgan fingerprint density at radius 3 is 2.54 bits per heavy atom. The summed E-state index contributed by atoms with van der Waals surface area (Å²) >= 11 is 0. The number of nitrogens with two attached hydrogens (primary N) is 1. The summed E-state index contributed by atoms with van der Waals surface area (Å²) in [6, 6.07) is 0.482. The highest BCUT2D eigenvalue weighted by Crippen LogP contribution is 2.23. The van der Waals surface area contributed by atoms with Crippen LogP contribution in [0.5, 0.6) is 0 Å². The lowest BCUT2D eigenvalue weighted by molar-refractivity contribution is -0.132. The Balaban J connectivity index is 2.49. The van der Waals surface area contributed by atoms with Crippen LogP contribution in [0.4, 0.5) is 0 Å². The maximum absolute atomic E-state index is 11.6. The minimum atomic E-state index is 0.261. The number of carbonyl (C=O) groups excluding carboxylic acids is 1. The van der Waals surface area contributed by atoms with E-state index in [9.17, 15) is 4.79 Å². The molecule has 2 N–H and O–H groups in total. The van der Waals surface area contributed by atoms with Crippen molar-refractivity contribution >= 4 is 5.91 Å². The van der Waals surface area contributed by atoms with E-state index in [1.807, 2.05) is 11.8 Å². The number of rotatable bonds is 4. The molecule has 0 saturated heterocycles. The number of nitrogens with zero attached hydrogens (tertiary/aromatic N) is 1. The molecule has 0 spiro atoms. The Morgan fingerprint density at radius 2 is 2.08 bits per heavy atom. The van der Waals surface area contributed by atoms with Gasteiger partial charge in [0.15, 0.2) is 0 Å². The van der Waals surface area contributed by atoms with Gasteiger partial charge < -0.3 is 10.6 Å². The van der Waals surface area contributed by atoms with Gasteiger partial charge in [-0.25, -0.2) is 0 Å². The molecule has 3 heteroatoms. The van der Waals surface area contributed by atoms with Crippen LogP contribution in [0.3, 0.4) is 0 Å². The molecule has 0 atom stereocenters. The largest absolute Gasteiger partial charge is 0.338 e. The number of carbonyl (C=O) groups is 1. The topological polar surface area (TPSA) is 46.3 Å². The highest BCUT2D eigenvalue weighted by atomic mass is 16.2. The van der Waals surface area contributed by atoms with Crippen molar-refractivity contribution in [1.29, 1.82) is 0 Å². The standard InChI is InChI=1S/C10H20N2O/c1-2-10(13)12(8-7-11)9-5-3-4-6-9/h9H,2-8,11H2,1H3. The zero-order valence-corrected chi connectivity index (χ0v) is 8.46. The molecule has 1 rings (SSSR count). The molecule has 1 amide bonds. The Kier molecular flexibility index (Phi) is 4.22. The summed E-state index contributed by atoms with van der Waals surface area (Å²) in [5.41, 5.74) is 5.50. The zero-order chi connectivity index (χ0) is 9.68. The molecular weight excluding hydrogens is 164 g/mol. The fraction of sp³-hybridized carbons (Fsp3) is 0.900. The summed E-state index contributed by atoms with van der Waals surface area (Å²) in [6.45, 7) is 3.24. The molecule has 0 aliphatic heterocycles. The maximum atomic E-state index is 11.6. The van der Waals surface area contributed by atoms with Crippen molar-refractivity contribution in [2.24, 2.45) is 5.73 Å². The van der Waals surface area contributed by atoms with Crippen molar-refractivity contribution in [3.8, 4) is 0 Å². The molecule has 0 aromatic rings. The van der Waals surface area contributed by atoms with Gasteiger partial charge in [-0.1, -0.05) is 19.8 Å². The first-order chi connectivity index (χ1) is 6.29. The number of hydrogen-bond acceptors (Lipinski definition) is 2. The van der Waals surface area contributed by atoms with Crippen LogP contribution < -0.4 is 5.73 Å². The zero-order valence-electron chi connectivity index (χ0n) is 8.46. The smallest absolute Gasteiger partial charge is 0.222 e. The van der Waals surface area contributed by atoms with E-state index in [0.717, 1.165) is 6.54 Å². The van der Waals surface area contributed by atoms with E-state index >= 15 is 0 Å². The van der Waals surface area contributed by atoms with Crippen LogP contribution in [0, 0.1) is 0 Å². The van der Waals surface area contributed by atoms with E-state index in [1.54, 1.807) is 0 Å². The molecule has 0 radical (unpaired) electrons. The van der Waals surface area contributed by atoms with Gasteiger partial charge in [-0.15, -0.1) is 0 Å². The highest BCUT2D eigenvalue weighted by Gasteiger charge is 2.24. The minimum absolute atomic E-state index is 0.261. The average Bonchev–Trinajstić information content (AvgIpc) is 2.65. The third kappa shape index (κ3) is 2.69. The average molecular weight is 184 g/mol. The van der Waals surface area contributed by atoms with Crippen molar-refractivity contribution in [2.45, 2.75) is 45.1 Å². The van der Waals surface area contributed by atoms with Gasteiger partial charge in [0.2, 0.25) is 5.91 Å². The van der Waals surface area contributed by atoms with Gasteiger partial charge in [0.25, 0.3) is 0 Å². The maximum Gasteiger partial charge on any atom is 0.222 e. The van der Waals surface area contributed by atoms with E-state index in [4.69, 9.17) is 5.73 Å². The molecule has 1 fully saturated rings. The molecule has 0 unspecified atom stereocenters. The fourth-order valence-corrected chi connectivity index (χ4v) is 2.07. The molecule has 1 saturated carbocycles. The normalized spacial score (nSPS) is 17.7. The fourth-order valence-electron chi connectivity index (χ4n) is 2.07. The van der Waals surface area contributed by atoms with Crippen LogP contribution >= 0.6 is 0 Å². The number of amides is 1. The van der Waals surface area contributed by atoms with Crippen LogP contribution in [-0.4, -0.2) is 29.9 Å². The summed E-state index contributed by atoms with van der Waals surface area (Å²) in [5.74, 6) is 0.261. The first-order valence-corrected chi connectivity index (χ1v) is 5.29. The molecular formula is C10H20N2O. The van der Waals surface area contributed by atoms with Gasteiger partial charge in [-0.2, -0.15) is 0 Å². The first-order valence-electron chi connectivity index (χ1n) is 5.29. The van der Waals surface area contributed by atoms with Gasteiger partial charge in [-0.3, -0.25) is 4.79 Å². The summed E-state index contributed by atoms with van der Waals surface area (Å²) in [6.07, 6.45) is 5.49. The van der Waals surface area contributed by atoms with Crippen LogP contribution in [0.25, 0.3) is 0 Å². The third-order valence-electron chi connectivity index (χ3n) is 2.76. The summed E-state index contributed by atoms with van der Waals surface area (Å²) in [7, 11) is 0. The molecule has 0 aromatic heterocycles. The molecule has 0 heterocycles. The van der Waals surface area contributed by atoms with Crippen molar-refractivity contribution in [2.75, 3.05) is 13.1 Å². The lowest BCUT2D eigenvalue weighted by atomic mass is 10.2. The number of hydrogen-bond donors (Lipinski definition) is 1. The monoisotopic (exact) mass is 184 g/mol. The van der Waals surface area contributed by atoms with Crippen molar-refractivity contribution in [3.05, 3.63) is 0 Å². The van der Waals surface area contributed by atoms with Gasteiger partial charge in [0.1, 0.15) is 0 Å². The summed E-state index contributed by atoms with van der Waals surface area (Å²) < 4.78 is 0. The Morgan fingerprint density at radius 1 is 1.46 bits per heavy atom. The van der Waals surface area contributed by atoms with E-state index < -0.39 is 0 Å². The van der Waals surface area contributed by atoms with E-state index in [0.29, 0.717) is 19.0 Å². The highest BCUT2D eigenvalue weighted by molar-refractivity contribution is 5.76. The predicted molar refractivity (Wildman–Crippen MR) is 53.3 cm³/mol. The Hall–Kier alpha value is -0.570. The molecule has 1 aliphatic rings. The summed E-state index contributed by atoms with van der Waals surface area (Å²) in [5, 5.41) is 0. The van der Waals surface area contributed by atoms with Gasteiger partial charge >= 0.3 is 0 Å². The molecule has 13 heavy (non-hydrogen) atoms.